The number of imidazole rings is 1. The monoisotopic (exact) mass is 411 g/mol. The Kier molecular flexibility index (Phi) is 4.80. The minimum absolute atomic E-state index is 0.0309. The number of aromatic nitrogens is 2. The van der Waals surface area contributed by atoms with Crippen LogP contribution in [0.25, 0.3) is 5.65 Å². The maximum atomic E-state index is 12.7. The van der Waals surface area contributed by atoms with Gasteiger partial charge in [-0.25, -0.2) is 4.98 Å². The number of fused-ring (bicyclic) bond motifs is 1. The number of hydrogen-bond donors (Lipinski definition) is 1. The molecule has 0 spiro atoms. The van der Waals surface area contributed by atoms with Crippen LogP contribution in [0, 0.1) is 0 Å². The van der Waals surface area contributed by atoms with Gasteiger partial charge in [-0.05, 0) is 45.8 Å². The molecule has 2 aromatic heterocycles. The zero-order valence-electron chi connectivity index (χ0n) is 12.8. The van der Waals surface area contributed by atoms with Crippen LogP contribution in [0.15, 0.2) is 53.3 Å². The summed E-state index contributed by atoms with van der Waals surface area (Å²) in [6, 6.07) is 8.56. The van der Waals surface area contributed by atoms with Gasteiger partial charge in [0.05, 0.1) is 17.7 Å². The normalized spacial score (nSPS) is 11.7. The lowest BCUT2D eigenvalue weighted by Gasteiger charge is -2.09. The molecule has 4 nitrogen and oxygen atoms in total. The molecule has 1 amide bonds. The van der Waals surface area contributed by atoms with Crippen LogP contribution in [0.5, 0.6) is 0 Å². The van der Waals surface area contributed by atoms with Crippen molar-refractivity contribution in [2.45, 2.75) is 19.1 Å². The number of hydrogen-bond acceptors (Lipinski definition) is 2. The first-order chi connectivity index (χ1) is 11.8. The quantitative estimate of drug-likeness (QED) is 0.705. The van der Waals surface area contributed by atoms with Crippen LogP contribution >= 0.6 is 15.9 Å². The summed E-state index contributed by atoms with van der Waals surface area (Å²) in [7, 11) is 0. The predicted molar refractivity (Wildman–Crippen MR) is 89.9 cm³/mol. The first-order valence-electron chi connectivity index (χ1n) is 7.37. The van der Waals surface area contributed by atoms with Crippen LogP contribution in [0.1, 0.15) is 16.8 Å². The van der Waals surface area contributed by atoms with Gasteiger partial charge in [-0.2, -0.15) is 13.2 Å². The van der Waals surface area contributed by atoms with E-state index in [9.17, 15) is 18.0 Å². The zero-order chi connectivity index (χ0) is 18.0. The number of nitrogens with zero attached hydrogens (tertiary/aromatic N) is 2. The van der Waals surface area contributed by atoms with Gasteiger partial charge >= 0.3 is 6.18 Å². The van der Waals surface area contributed by atoms with Gasteiger partial charge in [0.25, 0.3) is 0 Å². The summed E-state index contributed by atoms with van der Waals surface area (Å²) in [6.45, 7) is 0.0309. The third-order valence-corrected chi connectivity index (χ3v) is 4.10. The summed E-state index contributed by atoms with van der Waals surface area (Å²) in [6.07, 6.45) is -0.913. The predicted octanol–water partition coefficient (Wildman–Crippen LogP) is 3.97. The van der Waals surface area contributed by atoms with E-state index < -0.39 is 11.7 Å². The summed E-state index contributed by atoms with van der Waals surface area (Å²) in [5.74, 6) is -0.292. The third-order valence-electron chi connectivity index (χ3n) is 3.63. The Morgan fingerprint density at radius 2 is 2.04 bits per heavy atom. The molecule has 0 fully saturated rings. The fraction of sp³-hybridized carbons (Fsp3) is 0.176. The summed E-state index contributed by atoms with van der Waals surface area (Å²) < 4.78 is 40.7. The Morgan fingerprint density at radius 1 is 1.24 bits per heavy atom. The van der Waals surface area contributed by atoms with Crippen molar-refractivity contribution in [2.75, 3.05) is 0 Å². The maximum Gasteiger partial charge on any atom is 0.416 e. The summed E-state index contributed by atoms with van der Waals surface area (Å²) in [5.41, 5.74) is 1.07. The Labute approximate surface area is 149 Å². The Hall–Kier alpha value is -2.35. The molecule has 25 heavy (non-hydrogen) atoms. The number of rotatable bonds is 4. The van der Waals surface area contributed by atoms with Crippen molar-refractivity contribution in [3.63, 3.8) is 0 Å². The van der Waals surface area contributed by atoms with E-state index in [0.29, 0.717) is 16.9 Å². The highest BCUT2D eigenvalue weighted by atomic mass is 79.9. The molecule has 0 saturated heterocycles. The van der Waals surface area contributed by atoms with Crippen molar-refractivity contribution in [1.29, 1.82) is 0 Å². The zero-order valence-corrected chi connectivity index (χ0v) is 14.4. The van der Waals surface area contributed by atoms with Gasteiger partial charge in [0.1, 0.15) is 5.65 Å². The van der Waals surface area contributed by atoms with Crippen LogP contribution in [0.2, 0.25) is 0 Å². The van der Waals surface area contributed by atoms with Crippen molar-refractivity contribution in [3.05, 3.63) is 70.1 Å². The van der Waals surface area contributed by atoms with Gasteiger partial charge in [-0.15, -0.1) is 0 Å². The molecule has 130 valence electrons. The molecule has 0 radical (unpaired) electrons. The van der Waals surface area contributed by atoms with Gasteiger partial charge in [0.2, 0.25) is 5.91 Å². The van der Waals surface area contributed by atoms with Crippen molar-refractivity contribution in [2.24, 2.45) is 0 Å². The summed E-state index contributed by atoms with van der Waals surface area (Å²) in [4.78, 5) is 16.3. The van der Waals surface area contributed by atoms with E-state index in [2.05, 4.69) is 26.2 Å². The maximum absolute atomic E-state index is 12.7. The van der Waals surface area contributed by atoms with Crippen LogP contribution < -0.4 is 5.32 Å². The Morgan fingerprint density at radius 3 is 2.80 bits per heavy atom. The number of halogens is 4. The molecule has 1 aromatic carbocycles. The van der Waals surface area contributed by atoms with Crippen LogP contribution in [0.4, 0.5) is 13.2 Å². The molecular weight excluding hydrogens is 399 g/mol. The van der Waals surface area contributed by atoms with E-state index in [1.54, 1.807) is 22.9 Å². The Balaban J connectivity index is 1.66. The number of alkyl halides is 3. The molecule has 3 aromatic rings. The van der Waals surface area contributed by atoms with Gasteiger partial charge in [0.15, 0.2) is 0 Å². The van der Waals surface area contributed by atoms with Crippen molar-refractivity contribution in [1.82, 2.24) is 14.7 Å². The highest BCUT2D eigenvalue weighted by Crippen LogP contribution is 2.29. The van der Waals surface area contributed by atoms with Crippen molar-refractivity contribution in [3.8, 4) is 0 Å². The molecule has 0 bridgehead atoms. The summed E-state index contributed by atoms with van der Waals surface area (Å²) >= 11 is 3.36. The second-order valence-corrected chi connectivity index (χ2v) is 6.39. The highest BCUT2D eigenvalue weighted by molar-refractivity contribution is 9.10. The van der Waals surface area contributed by atoms with Crippen LogP contribution in [-0.2, 0) is 23.9 Å². The number of carbonyl (C=O) groups is 1. The first kappa shape index (κ1) is 17.5. The topological polar surface area (TPSA) is 46.4 Å². The smallest absolute Gasteiger partial charge is 0.352 e. The highest BCUT2D eigenvalue weighted by Gasteiger charge is 2.30. The van der Waals surface area contributed by atoms with E-state index >= 15 is 0 Å². The molecule has 3 rings (SSSR count). The van der Waals surface area contributed by atoms with Crippen molar-refractivity contribution >= 4 is 27.5 Å². The number of nitrogens with one attached hydrogen (secondary N) is 1. The third kappa shape index (κ3) is 4.19. The fourth-order valence-corrected chi connectivity index (χ4v) is 2.76. The van der Waals surface area contributed by atoms with E-state index in [1.807, 2.05) is 12.1 Å². The average Bonchev–Trinajstić information content (AvgIpc) is 2.94. The lowest BCUT2D eigenvalue weighted by Crippen LogP contribution is -2.25. The Bertz CT molecular complexity index is 921. The minimum atomic E-state index is -4.40. The lowest BCUT2D eigenvalue weighted by molar-refractivity contribution is -0.137. The SMILES string of the molecule is O=C(Cc1cnc2ccc(Br)cn12)NCc1cccc(C(F)(F)F)c1. The standard InChI is InChI=1S/C17H13BrF3N3O/c18-13-4-5-15-22-9-14(24(15)10-13)7-16(25)23-8-11-2-1-3-12(6-11)17(19,20)21/h1-6,9-10H,7-8H2,(H,23,25). The molecule has 0 atom stereocenters. The molecule has 0 unspecified atom stereocenters. The second-order valence-electron chi connectivity index (χ2n) is 5.48. The summed E-state index contributed by atoms with van der Waals surface area (Å²) in [5, 5.41) is 2.64. The van der Waals surface area contributed by atoms with Crippen LogP contribution in [-0.4, -0.2) is 15.3 Å². The van der Waals surface area contributed by atoms with Gasteiger partial charge in [-0.1, -0.05) is 12.1 Å². The van der Waals surface area contributed by atoms with E-state index in [1.165, 1.54) is 6.07 Å². The molecule has 2 heterocycles. The van der Waals surface area contributed by atoms with Crippen LogP contribution in [0.3, 0.4) is 0 Å². The van der Waals surface area contributed by atoms with Gasteiger partial charge < -0.3 is 9.72 Å². The molecular formula is C17H13BrF3N3O. The molecule has 0 aliphatic heterocycles. The lowest BCUT2D eigenvalue weighted by atomic mass is 10.1. The molecule has 0 aliphatic carbocycles. The number of carbonyl (C=O) groups excluding carboxylic acids is 1. The van der Waals surface area contributed by atoms with Gasteiger partial charge in [0, 0.05) is 23.4 Å². The average molecular weight is 412 g/mol. The fourth-order valence-electron chi connectivity index (χ4n) is 2.42. The van der Waals surface area contributed by atoms with Gasteiger partial charge in [-0.3, -0.25) is 4.79 Å². The number of amides is 1. The van der Waals surface area contributed by atoms with E-state index in [0.717, 1.165) is 16.6 Å². The minimum Gasteiger partial charge on any atom is -0.352 e. The number of benzene rings is 1. The molecule has 8 heteroatoms. The molecule has 1 N–H and O–H groups in total. The van der Waals surface area contributed by atoms with Crippen molar-refractivity contribution < 1.29 is 18.0 Å². The molecule has 0 saturated carbocycles. The first-order valence-corrected chi connectivity index (χ1v) is 8.16. The number of pyridine rings is 1. The largest absolute Gasteiger partial charge is 0.416 e. The second kappa shape index (κ2) is 6.87. The van der Waals surface area contributed by atoms with E-state index in [4.69, 9.17) is 0 Å². The van der Waals surface area contributed by atoms with E-state index in [-0.39, 0.29) is 18.9 Å². The molecule has 0 aliphatic rings.